The fraction of sp³-hybridized carbons (Fsp3) is 0.467. The molecule has 19 nitrogen and oxygen atoms in total. The Kier molecular flexibility index (Phi) is 46.6. The summed E-state index contributed by atoms with van der Waals surface area (Å²) in [4.78, 5) is 24.0. The van der Waals surface area contributed by atoms with Gasteiger partial charge < -0.3 is 67.9 Å². The third-order valence-electron chi connectivity index (χ3n) is 11.6. The van der Waals surface area contributed by atoms with Crippen molar-refractivity contribution in [1.29, 1.82) is 0 Å². The number of hydrazone groups is 2. The molecule has 0 bridgehead atoms. The quantitative estimate of drug-likeness (QED) is 0.0143. The van der Waals surface area contributed by atoms with Crippen LogP contribution in [0.3, 0.4) is 0 Å². The van der Waals surface area contributed by atoms with E-state index in [0.717, 1.165) is 72.5 Å². The molecule has 0 unspecified atom stereocenters. The smallest absolute Gasteiger partial charge is 0.813 e. The number of thiol groups is 3. The topological polar surface area (TPSA) is 299 Å². The molecule has 3 fully saturated rings. The third-order valence-corrected chi connectivity index (χ3v) is 15.5. The van der Waals surface area contributed by atoms with E-state index in [1.165, 1.54) is 43.4 Å². The Morgan fingerprint density at radius 2 is 0.800 bits per heavy atom. The van der Waals surface area contributed by atoms with E-state index >= 15 is 0 Å². The summed E-state index contributed by atoms with van der Waals surface area (Å²) >= 11 is 12.6. The molecule has 10 N–H and O–H groups in total. The Labute approximate surface area is 589 Å². The molecule has 5 aliphatic rings. The van der Waals surface area contributed by atoms with Gasteiger partial charge in [-0.3, -0.25) is 37.9 Å². The van der Waals surface area contributed by atoms with Gasteiger partial charge in [-0.1, -0.05) is 36.4 Å². The van der Waals surface area contributed by atoms with E-state index in [1.807, 2.05) is 22.6 Å². The third kappa shape index (κ3) is 33.4. The SMILES string of the molecule is CS(=O)(=O)N1CCC(=O)CC1.CS(=O)(=O)N1CCC2=NN[C@@H](c3ccc(C(F)(F)F)cc3)[C@@H]2C1.CS(=O)(=O)N1CCC2=NN[C@H](c3ccc(C(F)(F)F)cc3)[C@@H]2C1.NN.NN.O=Cc1ccc(C(F)(F)F)cc1.SC(I)(I)I.[CH2-]I.[CH3-].[SH-].[SH-].[V+2].[V+2]. The van der Waals surface area contributed by atoms with Gasteiger partial charge in [0.25, 0.3) is 0 Å². The average Bonchev–Trinajstić information content (AvgIpc) is 4.01. The molecule has 3 aromatic rings. The zero-order chi connectivity index (χ0) is 61.8. The minimum absolute atomic E-state index is 0. The van der Waals surface area contributed by atoms with Gasteiger partial charge in [-0.2, -0.15) is 49.7 Å². The Balaban J connectivity index is -0.000000322. The first-order chi connectivity index (χ1) is 36.9. The number of benzene rings is 3. The van der Waals surface area contributed by atoms with Crippen LogP contribution in [-0.2, 0) is 117 Å². The van der Waals surface area contributed by atoms with E-state index in [4.69, 9.17) is 0 Å². The normalized spacial score (nSPS) is 19.2. The van der Waals surface area contributed by atoms with Crippen LogP contribution in [-0.4, -0.2) is 118 Å². The Morgan fingerprint density at radius 1 is 0.553 bits per heavy atom. The second kappa shape index (κ2) is 42.3. The zero-order valence-electron chi connectivity index (χ0n) is 45.3. The van der Waals surface area contributed by atoms with Gasteiger partial charge in [-0.25, -0.2) is 38.2 Å². The maximum absolute atomic E-state index is 12.6. The van der Waals surface area contributed by atoms with E-state index in [0.29, 0.717) is 69.3 Å². The molecule has 0 aromatic heterocycles. The van der Waals surface area contributed by atoms with Crippen molar-refractivity contribution < 1.29 is 111 Å². The predicted molar refractivity (Wildman–Crippen MR) is 350 cm³/mol. The maximum atomic E-state index is 12.6. The number of aldehydes is 1. The van der Waals surface area contributed by atoms with Crippen molar-refractivity contribution >= 4 is 184 Å². The first-order valence-corrected chi connectivity index (χ1v) is 33.3. The molecule has 0 aliphatic carbocycles. The summed E-state index contributed by atoms with van der Waals surface area (Å²) in [5.74, 6) is 15.8. The van der Waals surface area contributed by atoms with Gasteiger partial charge in [-0.05, 0) is 115 Å². The summed E-state index contributed by atoms with van der Waals surface area (Å²) < 4.78 is 185. The summed E-state index contributed by atoms with van der Waals surface area (Å²) in [5.41, 5.74) is 7.01. The second-order valence-corrected chi connectivity index (χ2v) is 37.2. The summed E-state index contributed by atoms with van der Waals surface area (Å²) in [5, 5.41) is 8.45. The van der Waals surface area contributed by atoms with Gasteiger partial charge in [0.2, 0.25) is 30.1 Å². The molecule has 2 radical (unpaired) electrons. The number of nitrogens with zero attached hydrogens (tertiary/aromatic N) is 5. The Bertz CT molecular complexity index is 2720. The largest absolute Gasteiger partial charge is 2.00 e. The number of piperidine rings is 3. The molecule has 0 amide bonds. The van der Waals surface area contributed by atoms with Crippen LogP contribution in [0.5, 0.6) is 0 Å². The number of rotatable bonds is 6. The van der Waals surface area contributed by atoms with E-state index in [9.17, 15) is 74.4 Å². The van der Waals surface area contributed by atoms with Crippen molar-refractivity contribution in [2.45, 2.75) is 55.1 Å². The number of nitrogens with two attached hydrogens (primary N) is 4. The molecular formula is C45H64F9I4N11O8S6V2. The fourth-order valence-electron chi connectivity index (χ4n) is 7.83. The second-order valence-electron chi connectivity index (χ2n) is 17.0. The molecule has 8 rings (SSSR count). The summed E-state index contributed by atoms with van der Waals surface area (Å²) in [6.07, 6.45) is -7.30. The number of carbonyl (C=O) groups is 2. The van der Waals surface area contributed by atoms with Gasteiger partial charge >= 0.3 is 55.6 Å². The Hall–Kier alpha value is 0.0188. The minimum atomic E-state index is -4.37. The number of nitrogens with one attached hydrogen (secondary N) is 2. The van der Waals surface area contributed by atoms with Crippen LogP contribution in [0.4, 0.5) is 39.5 Å². The number of Topliss-reactive ketones (excluding diaryl/α,β-unsaturated/α-hetero) is 1. The molecule has 40 heteroatoms. The molecule has 484 valence electrons. The first kappa shape index (κ1) is 93.7. The fourth-order valence-corrected chi connectivity index (χ4v) is 10.4. The van der Waals surface area contributed by atoms with Gasteiger partial charge in [-0.15, -0.1) is 12.6 Å². The van der Waals surface area contributed by atoms with Crippen molar-refractivity contribution in [2.24, 2.45) is 45.4 Å². The van der Waals surface area contributed by atoms with Crippen LogP contribution in [0.1, 0.15) is 75.9 Å². The number of hydrazine groups is 2. The number of carbonyl (C=O) groups excluding carboxylic acids is 2. The van der Waals surface area contributed by atoms with Gasteiger partial charge in [0, 0.05) is 93.8 Å². The van der Waals surface area contributed by atoms with Crippen LogP contribution < -0.4 is 34.2 Å². The minimum Gasteiger partial charge on any atom is -0.813 e. The summed E-state index contributed by atoms with van der Waals surface area (Å²) in [7, 11) is -9.66. The molecule has 0 saturated carbocycles. The maximum Gasteiger partial charge on any atom is 2.00 e. The first-order valence-electron chi connectivity index (χ1n) is 22.6. The van der Waals surface area contributed by atoms with Gasteiger partial charge in [0.15, 0.2) is -1.23 Å². The molecule has 3 aromatic carbocycles. The number of sulfonamides is 3. The summed E-state index contributed by atoms with van der Waals surface area (Å²) in [6.45, 7) is 2.06. The van der Waals surface area contributed by atoms with E-state index in [-0.39, 0.29) is 119 Å². The van der Waals surface area contributed by atoms with Crippen LogP contribution in [0.25, 0.3) is 0 Å². The molecule has 0 spiro atoms. The average molecular weight is 1860 g/mol. The molecule has 4 atom stereocenters. The number of halogens is 13. The van der Waals surface area contributed by atoms with Gasteiger partial charge in [0.05, 0.1) is 47.5 Å². The standard InChI is InChI=1S/2C14H16F3N3O2S.C8H5F3O.C6H11NO3S.CHI3S.CH2I.CH3.2H4N2.2H2S.2V/c2*1-23(21,22)20-7-6-12-11(8-20)13(19-18-12)9-2-4-10(5-3-9)14(15,16)17;9-8(10,11)7-3-1-6(5-12)2-4-7;1-11(9,10)7-4-2-6(8)3-5-7;2-1(3,4)5;1-2;;2*1-2;;;;/h2*2-5,11,13,19H,6-8H2,1H3;1-5H;2-5H2,1H3;5H;1H2;1H3;2*1-2H2;2*1H2;;/q;;;;;2*-1;;;;;2*+2/p-2/t11-,13+;11-,13-;;;;;;;;;;;/m11.........../s1. The number of fused-ring (bicyclic) bond motifs is 2. The van der Waals surface area contributed by atoms with E-state index < -0.39 is 65.3 Å². The van der Waals surface area contributed by atoms with Crippen LogP contribution in [0, 0.1) is 24.2 Å². The van der Waals surface area contributed by atoms with Crippen molar-refractivity contribution in [3.05, 3.63) is 119 Å². The monoisotopic (exact) mass is 1860 g/mol. The molecule has 3 saturated heterocycles. The van der Waals surface area contributed by atoms with Crippen molar-refractivity contribution in [1.82, 2.24) is 23.8 Å². The van der Waals surface area contributed by atoms with Gasteiger partial charge in [0.1, 0.15) is 12.1 Å². The van der Waals surface area contributed by atoms with Crippen molar-refractivity contribution in [3.63, 3.8) is 0 Å². The van der Waals surface area contributed by atoms with Crippen molar-refractivity contribution in [2.75, 3.05) is 58.0 Å². The zero-order valence-corrected chi connectivity index (χ0v) is 61.8. The van der Waals surface area contributed by atoms with Crippen LogP contribution in [0.15, 0.2) is 83.0 Å². The molecule has 85 heavy (non-hydrogen) atoms. The van der Waals surface area contributed by atoms with E-state index in [1.54, 1.807) is 0 Å². The molecule has 5 aliphatic heterocycles. The van der Waals surface area contributed by atoms with Crippen LogP contribution >= 0.6 is 103 Å². The van der Waals surface area contributed by atoms with E-state index in [2.05, 4.69) is 130 Å². The summed E-state index contributed by atoms with van der Waals surface area (Å²) in [6, 6.07) is 13.2. The Morgan fingerprint density at radius 3 is 1.04 bits per heavy atom. The molecular weight excluding hydrogens is 1800 g/mol. The van der Waals surface area contributed by atoms with Crippen molar-refractivity contribution in [3.8, 4) is 0 Å². The van der Waals surface area contributed by atoms with Crippen LogP contribution in [0.2, 0.25) is 0 Å². The number of ketones is 1. The number of alkyl halides is 12. The molecule has 5 heterocycles. The predicted octanol–water partition coefficient (Wildman–Crippen LogP) is 7.69. The number of hydrogen-bond acceptors (Lipinski definition) is 19. The number of hydrogen-bond donors (Lipinski definition) is 7.